The summed E-state index contributed by atoms with van der Waals surface area (Å²) in [6.07, 6.45) is 0. The molecule has 0 unspecified atom stereocenters. The van der Waals surface area contributed by atoms with E-state index in [1.165, 1.54) is 27.8 Å². The van der Waals surface area contributed by atoms with Gasteiger partial charge in [-0.2, -0.15) is 0 Å². The van der Waals surface area contributed by atoms with Crippen LogP contribution in [0.1, 0.15) is 5.56 Å². The molecule has 0 spiro atoms. The Labute approximate surface area is 127 Å². The van der Waals surface area contributed by atoms with Crippen LogP contribution in [0.15, 0.2) is 92.0 Å². The van der Waals surface area contributed by atoms with Crippen LogP contribution in [0.25, 0.3) is 22.3 Å². The standard InChI is InChI=1S/C19H16.C2H4/c1-15-7-5-10-17(13-15)19-12-6-11-18(14-19)16-8-3-2-4-9-16;1-2/h2-14H,1H3;1-2H2. The highest BCUT2D eigenvalue weighted by molar-refractivity contribution is 5.73. The summed E-state index contributed by atoms with van der Waals surface area (Å²) in [6.45, 7) is 8.13. The van der Waals surface area contributed by atoms with Gasteiger partial charge in [0.25, 0.3) is 0 Å². The fraction of sp³-hybridized carbons (Fsp3) is 0.0476. The molecule has 0 atom stereocenters. The van der Waals surface area contributed by atoms with Crippen LogP contribution in [-0.2, 0) is 0 Å². The van der Waals surface area contributed by atoms with Crippen LogP contribution in [0.5, 0.6) is 0 Å². The maximum atomic E-state index is 3.00. The van der Waals surface area contributed by atoms with Gasteiger partial charge in [0.1, 0.15) is 0 Å². The van der Waals surface area contributed by atoms with Gasteiger partial charge in [-0.15, -0.1) is 13.2 Å². The highest BCUT2D eigenvalue weighted by Crippen LogP contribution is 2.26. The monoisotopic (exact) mass is 272 g/mol. The van der Waals surface area contributed by atoms with E-state index in [1.54, 1.807) is 0 Å². The van der Waals surface area contributed by atoms with E-state index in [0.717, 1.165) is 0 Å². The Hall–Kier alpha value is -2.60. The molecular formula is C21H20. The molecule has 0 saturated heterocycles. The number of aryl methyl sites for hydroxylation is 1. The highest BCUT2D eigenvalue weighted by Gasteiger charge is 2.01. The molecule has 0 bridgehead atoms. The molecule has 0 radical (unpaired) electrons. The minimum absolute atomic E-state index is 1.26. The second-order valence-electron chi connectivity index (χ2n) is 4.82. The van der Waals surface area contributed by atoms with Crippen molar-refractivity contribution < 1.29 is 0 Å². The molecule has 0 aliphatic rings. The Morgan fingerprint density at radius 2 is 1.00 bits per heavy atom. The fourth-order valence-electron chi connectivity index (χ4n) is 2.33. The maximum Gasteiger partial charge on any atom is -0.0178 e. The van der Waals surface area contributed by atoms with Gasteiger partial charge >= 0.3 is 0 Å². The van der Waals surface area contributed by atoms with E-state index < -0.39 is 0 Å². The quantitative estimate of drug-likeness (QED) is 0.492. The molecule has 0 nitrogen and oxygen atoms in total. The van der Waals surface area contributed by atoms with Crippen molar-refractivity contribution >= 4 is 0 Å². The molecule has 0 aliphatic heterocycles. The van der Waals surface area contributed by atoms with Crippen molar-refractivity contribution in [2.75, 3.05) is 0 Å². The first-order valence-electron chi connectivity index (χ1n) is 7.05. The van der Waals surface area contributed by atoms with Crippen molar-refractivity contribution in [1.82, 2.24) is 0 Å². The normalized spacial score (nSPS) is 9.57. The zero-order valence-electron chi connectivity index (χ0n) is 12.4. The summed E-state index contributed by atoms with van der Waals surface area (Å²) in [5.74, 6) is 0. The third-order valence-corrected chi connectivity index (χ3v) is 3.32. The van der Waals surface area contributed by atoms with Crippen LogP contribution in [0.4, 0.5) is 0 Å². The predicted molar refractivity (Wildman–Crippen MR) is 93.3 cm³/mol. The molecule has 3 aromatic rings. The lowest BCUT2D eigenvalue weighted by atomic mass is 9.98. The molecule has 0 aliphatic carbocycles. The molecule has 0 N–H and O–H groups in total. The molecule has 0 amide bonds. The molecular weight excluding hydrogens is 252 g/mol. The lowest BCUT2D eigenvalue weighted by Crippen LogP contribution is -1.82. The lowest BCUT2D eigenvalue weighted by Gasteiger charge is -2.06. The van der Waals surface area contributed by atoms with Crippen LogP contribution in [0.2, 0.25) is 0 Å². The SMILES string of the molecule is C=C.Cc1cccc(-c2cccc(-c3ccccc3)c2)c1. The van der Waals surface area contributed by atoms with Crippen LogP contribution >= 0.6 is 0 Å². The average Bonchev–Trinajstić information content (AvgIpc) is 2.58. The second-order valence-corrected chi connectivity index (χ2v) is 4.82. The largest absolute Gasteiger partial charge is 0.106 e. The first-order valence-corrected chi connectivity index (χ1v) is 7.05. The summed E-state index contributed by atoms with van der Waals surface area (Å²) in [7, 11) is 0. The molecule has 0 fully saturated rings. The summed E-state index contributed by atoms with van der Waals surface area (Å²) in [6, 6.07) is 27.8. The first kappa shape index (κ1) is 14.8. The third kappa shape index (κ3) is 3.70. The Balaban J connectivity index is 0.000000774. The number of hydrogen-bond donors (Lipinski definition) is 0. The summed E-state index contributed by atoms with van der Waals surface area (Å²) < 4.78 is 0. The first-order chi connectivity index (χ1) is 10.3. The summed E-state index contributed by atoms with van der Waals surface area (Å²) >= 11 is 0. The van der Waals surface area contributed by atoms with E-state index in [0.29, 0.717) is 0 Å². The van der Waals surface area contributed by atoms with Crippen molar-refractivity contribution in [3.8, 4) is 22.3 Å². The van der Waals surface area contributed by atoms with Crippen LogP contribution < -0.4 is 0 Å². The minimum Gasteiger partial charge on any atom is -0.106 e. The predicted octanol–water partition coefficient (Wildman–Crippen LogP) is 6.13. The van der Waals surface area contributed by atoms with Gasteiger partial charge < -0.3 is 0 Å². The molecule has 3 rings (SSSR count). The molecule has 21 heavy (non-hydrogen) atoms. The van der Waals surface area contributed by atoms with Crippen LogP contribution in [-0.4, -0.2) is 0 Å². The zero-order chi connectivity index (χ0) is 15.1. The van der Waals surface area contributed by atoms with Gasteiger partial charge in [-0.05, 0) is 35.2 Å². The lowest BCUT2D eigenvalue weighted by molar-refractivity contribution is 1.47. The van der Waals surface area contributed by atoms with Gasteiger partial charge in [-0.1, -0.05) is 78.4 Å². The van der Waals surface area contributed by atoms with Gasteiger partial charge in [0.2, 0.25) is 0 Å². The smallest absolute Gasteiger partial charge is 0.0178 e. The van der Waals surface area contributed by atoms with Gasteiger partial charge in [0.15, 0.2) is 0 Å². The number of rotatable bonds is 2. The summed E-state index contributed by atoms with van der Waals surface area (Å²) in [5.41, 5.74) is 6.36. The molecule has 0 aromatic heterocycles. The van der Waals surface area contributed by atoms with Gasteiger partial charge in [-0.25, -0.2) is 0 Å². The average molecular weight is 272 g/mol. The van der Waals surface area contributed by atoms with E-state index in [9.17, 15) is 0 Å². The van der Waals surface area contributed by atoms with E-state index in [2.05, 4.69) is 92.9 Å². The van der Waals surface area contributed by atoms with E-state index in [-0.39, 0.29) is 0 Å². The van der Waals surface area contributed by atoms with Crippen molar-refractivity contribution in [1.29, 1.82) is 0 Å². The Morgan fingerprint density at radius 3 is 1.62 bits per heavy atom. The fourth-order valence-corrected chi connectivity index (χ4v) is 2.33. The van der Waals surface area contributed by atoms with Gasteiger partial charge in [0, 0.05) is 0 Å². The molecule has 3 aromatic carbocycles. The Kier molecular flexibility index (Phi) is 5.11. The van der Waals surface area contributed by atoms with Crippen molar-refractivity contribution in [3.05, 3.63) is 97.6 Å². The molecule has 104 valence electrons. The Bertz CT molecular complexity index is 696. The van der Waals surface area contributed by atoms with E-state index in [1.807, 2.05) is 6.07 Å². The third-order valence-electron chi connectivity index (χ3n) is 3.32. The molecule has 0 saturated carbocycles. The Morgan fingerprint density at radius 1 is 0.524 bits per heavy atom. The van der Waals surface area contributed by atoms with Crippen LogP contribution in [0.3, 0.4) is 0 Å². The summed E-state index contributed by atoms with van der Waals surface area (Å²) in [4.78, 5) is 0. The number of hydrogen-bond acceptors (Lipinski definition) is 0. The van der Waals surface area contributed by atoms with Gasteiger partial charge in [0.05, 0.1) is 0 Å². The molecule has 0 heteroatoms. The summed E-state index contributed by atoms with van der Waals surface area (Å²) in [5, 5.41) is 0. The van der Waals surface area contributed by atoms with Crippen molar-refractivity contribution in [2.45, 2.75) is 6.92 Å². The zero-order valence-corrected chi connectivity index (χ0v) is 12.4. The van der Waals surface area contributed by atoms with E-state index >= 15 is 0 Å². The topological polar surface area (TPSA) is 0 Å². The molecule has 0 heterocycles. The van der Waals surface area contributed by atoms with E-state index in [4.69, 9.17) is 0 Å². The number of benzene rings is 3. The van der Waals surface area contributed by atoms with Crippen molar-refractivity contribution in [2.24, 2.45) is 0 Å². The maximum absolute atomic E-state index is 3.00. The van der Waals surface area contributed by atoms with Crippen molar-refractivity contribution in [3.63, 3.8) is 0 Å². The second kappa shape index (κ2) is 7.25. The van der Waals surface area contributed by atoms with Gasteiger partial charge in [-0.3, -0.25) is 0 Å². The minimum atomic E-state index is 1.26. The highest BCUT2D eigenvalue weighted by atomic mass is 14.1. The van der Waals surface area contributed by atoms with Crippen LogP contribution in [0, 0.1) is 6.92 Å².